The molecule has 4 rings (SSSR count). The third-order valence-corrected chi connectivity index (χ3v) is 7.31. The standard InChI is InChI=1S/C28H41N7O3/c1-19(32-24-22(17-29)28(5,6)25(36)35(24)20-9-7-8-10-20)31-23-12-11-21(18-30-23)33-13-15-34(16-14-33)26(37)38-27(2,3)4/h11-12,17-18,20H,1,7-10,13-16,29H2,2-6H3,(H,30,31)/b22-17+,32-24+. The molecule has 2 aliphatic heterocycles. The largest absolute Gasteiger partial charge is 0.444 e. The lowest BCUT2D eigenvalue weighted by Crippen LogP contribution is -2.50. The molecule has 2 saturated heterocycles. The Morgan fingerprint density at radius 3 is 2.42 bits per heavy atom. The monoisotopic (exact) mass is 523 g/mol. The molecule has 0 bridgehead atoms. The van der Waals surface area contributed by atoms with E-state index in [9.17, 15) is 9.59 Å². The summed E-state index contributed by atoms with van der Waals surface area (Å²) in [5.41, 5.74) is 6.42. The van der Waals surface area contributed by atoms with E-state index in [-0.39, 0.29) is 18.0 Å². The van der Waals surface area contributed by atoms with Gasteiger partial charge in [-0.05, 0) is 59.6 Å². The molecule has 1 aromatic heterocycles. The molecule has 0 spiro atoms. The predicted molar refractivity (Wildman–Crippen MR) is 150 cm³/mol. The van der Waals surface area contributed by atoms with Gasteiger partial charge in [-0.2, -0.15) is 0 Å². The quantitative estimate of drug-likeness (QED) is 0.597. The molecule has 1 aliphatic carbocycles. The summed E-state index contributed by atoms with van der Waals surface area (Å²) in [6.45, 7) is 16.0. The van der Waals surface area contributed by atoms with Gasteiger partial charge in [-0.25, -0.2) is 14.8 Å². The number of rotatable bonds is 5. The van der Waals surface area contributed by atoms with Gasteiger partial charge < -0.3 is 25.6 Å². The molecule has 3 heterocycles. The highest BCUT2D eigenvalue weighted by atomic mass is 16.6. The number of piperazine rings is 1. The minimum Gasteiger partial charge on any atom is -0.444 e. The minimum absolute atomic E-state index is 0.0295. The van der Waals surface area contributed by atoms with Crippen LogP contribution in [-0.4, -0.2) is 70.4 Å². The van der Waals surface area contributed by atoms with Crippen LogP contribution < -0.4 is 16.0 Å². The Bertz CT molecular complexity index is 1120. The topological polar surface area (TPSA) is 116 Å². The van der Waals surface area contributed by atoms with E-state index >= 15 is 0 Å². The van der Waals surface area contributed by atoms with Crippen molar-refractivity contribution in [1.29, 1.82) is 0 Å². The number of nitrogens with zero attached hydrogens (tertiary/aromatic N) is 5. The first-order valence-corrected chi connectivity index (χ1v) is 13.4. The van der Waals surface area contributed by atoms with Gasteiger partial charge in [-0.15, -0.1) is 0 Å². The van der Waals surface area contributed by atoms with Crippen LogP contribution in [0.2, 0.25) is 0 Å². The Morgan fingerprint density at radius 1 is 1.21 bits per heavy atom. The molecule has 1 saturated carbocycles. The van der Waals surface area contributed by atoms with E-state index in [1.165, 1.54) is 6.20 Å². The summed E-state index contributed by atoms with van der Waals surface area (Å²) < 4.78 is 5.48. The SMILES string of the molecule is C=C(/N=C1\C(=C/N)C(C)(C)C(=O)N1C1CCCC1)Nc1ccc(N2CCN(C(=O)OC(C)(C)C)CC2)cn1. The first-order chi connectivity index (χ1) is 17.9. The summed E-state index contributed by atoms with van der Waals surface area (Å²) in [6, 6.07) is 4.00. The third kappa shape index (κ3) is 5.79. The summed E-state index contributed by atoms with van der Waals surface area (Å²) in [7, 11) is 0. The van der Waals surface area contributed by atoms with Crippen LogP contribution in [-0.2, 0) is 9.53 Å². The number of ether oxygens (including phenoxy) is 1. The van der Waals surface area contributed by atoms with Crippen LogP contribution in [0.5, 0.6) is 0 Å². The molecule has 206 valence electrons. The van der Waals surface area contributed by atoms with Crippen molar-refractivity contribution < 1.29 is 14.3 Å². The number of likely N-dealkylation sites (tertiary alicyclic amines) is 1. The van der Waals surface area contributed by atoms with Crippen LogP contribution in [0.1, 0.15) is 60.3 Å². The van der Waals surface area contributed by atoms with Gasteiger partial charge in [0, 0.05) is 44.0 Å². The number of amides is 2. The highest BCUT2D eigenvalue weighted by Crippen LogP contribution is 2.41. The molecule has 3 aliphatic rings. The van der Waals surface area contributed by atoms with E-state index in [0.717, 1.165) is 31.4 Å². The maximum atomic E-state index is 13.3. The first-order valence-electron chi connectivity index (χ1n) is 13.4. The summed E-state index contributed by atoms with van der Waals surface area (Å²) in [6.07, 6.45) is 7.16. The number of pyridine rings is 1. The molecule has 1 aromatic rings. The second kappa shape index (κ2) is 10.7. The average molecular weight is 524 g/mol. The summed E-state index contributed by atoms with van der Waals surface area (Å²) in [4.78, 5) is 40.6. The fourth-order valence-electron chi connectivity index (χ4n) is 5.24. The lowest BCUT2D eigenvalue weighted by atomic mass is 9.87. The van der Waals surface area contributed by atoms with Crippen LogP contribution in [0.25, 0.3) is 0 Å². The molecule has 0 atom stereocenters. The number of aliphatic imine (C=N–C) groups is 1. The number of nitrogens with one attached hydrogen (secondary N) is 1. The van der Waals surface area contributed by atoms with Gasteiger partial charge in [0.2, 0.25) is 5.91 Å². The summed E-state index contributed by atoms with van der Waals surface area (Å²) >= 11 is 0. The lowest BCUT2D eigenvalue weighted by molar-refractivity contribution is -0.133. The highest BCUT2D eigenvalue weighted by molar-refractivity contribution is 6.19. The predicted octanol–water partition coefficient (Wildman–Crippen LogP) is 4.07. The van der Waals surface area contributed by atoms with Gasteiger partial charge in [0.05, 0.1) is 17.3 Å². The molecular formula is C28H41N7O3. The van der Waals surface area contributed by atoms with Crippen LogP contribution in [0.3, 0.4) is 0 Å². The van der Waals surface area contributed by atoms with E-state index in [2.05, 4.69) is 21.8 Å². The van der Waals surface area contributed by atoms with Gasteiger partial charge in [-0.3, -0.25) is 9.69 Å². The van der Waals surface area contributed by atoms with Crippen molar-refractivity contribution in [3.05, 3.63) is 42.5 Å². The molecule has 2 amide bonds. The summed E-state index contributed by atoms with van der Waals surface area (Å²) in [5.74, 6) is 1.59. The zero-order valence-corrected chi connectivity index (χ0v) is 23.3. The fourth-order valence-corrected chi connectivity index (χ4v) is 5.24. The number of anilines is 2. The van der Waals surface area contributed by atoms with Crippen LogP contribution in [0, 0.1) is 5.41 Å². The maximum absolute atomic E-state index is 13.3. The number of carbonyl (C=O) groups is 2. The van der Waals surface area contributed by atoms with Crippen LogP contribution in [0.4, 0.5) is 16.3 Å². The molecule has 0 radical (unpaired) electrons. The van der Waals surface area contributed by atoms with Crippen molar-refractivity contribution in [3.63, 3.8) is 0 Å². The van der Waals surface area contributed by atoms with E-state index in [1.807, 2.05) is 51.7 Å². The molecule has 0 aromatic carbocycles. The number of amidine groups is 1. The number of hydrogen-bond acceptors (Lipinski definition) is 8. The molecule has 0 unspecified atom stereocenters. The zero-order chi connectivity index (χ0) is 27.7. The molecule has 10 heteroatoms. The first kappa shape index (κ1) is 27.5. The minimum atomic E-state index is -0.732. The number of aromatic nitrogens is 1. The Hall–Kier alpha value is -3.56. The Kier molecular flexibility index (Phi) is 7.71. The van der Waals surface area contributed by atoms with Crippen LogP contribution >= 0.6 is 0 Å². The van der Waals surface area contributed by atoms with Gasteiger partial charge in [0.25, 0.3) is 0 Å². The Labute approximate surface area is 225 Å². The van der Waals surface area contributed by atoms with Gasteiger partial charge in [-0.1, -0.05) is 19.4 Å². The van der Waals surface area contributed by atoms with Crippen molar-refractivity contribution in [2.45, 2.75) is 71.9 Å². The smallest absolute Gasteiger partial charge is 0.410 e. The Balaban J connectivity index is 1.40. The van der Waals surface area contributed by atoms with E-state index < -0.39 is 11.0 Å². The van der Waals surface area contributed by atoms with Gasteiger partial charge in [0.15, 0.2) is 0 Å². The van der Waals surface area contributed by atoms with Crippen molar-refractivity contribution in [2.24, 2.45) is 16.1 Å². The van der Waals surface area contributed by atoms with E-state index in [0.29, 0.717) is 49.2 Å². The molecule has 3 fully saturated rings. The second-order valence-corrected chi connectivity index (χ2v) is 11.7. The third-order valence-electron chi connectivity index (χ3n) is 7.31. The average Bonchev–Trinajstić information content (AvgIpc) is 3.43. The van der Waals surface area contributed by atoms with Crippen LogP contribution in [0.15, 0.2) is 47.5 Å². The number of carbonyl (C=O) groups excluding carboxylic acids is 2. The second-order valence-electron chi connectivity index (χ2n) is 11.7. The molecule has 38 heavy (non-hydrogen) atoms. The summed E-state index contributed by atoms with van der Waals surface area (Å²) in [5, 5.41) is 3.15. The maximum Gasteiger partial charge on any atom is 0.410 e. The van der Waals surface area contributed by atoms with Crippen molar-refractivity contribution >= 4 is 29.3 Å². The van der Waals surface area contributed by atoms with E-state index in [4.69, 9.17) is 15.5 Å². The molecule has 3 N–H and O–H groups in total. The fraction of sp³-hybridized carbons (Fsp3) is 0.571. The van der Waals surface area contributed by atoms with Gasteiger partial charge in [0.1, 0.15) is 23.1 Å². The van der Waals surface area contributed by atoms with Crippen molar-refractivity contribution in [2.75, 3.05) is 36.4 Å². The normalized spacial score (nSPS) is 22.4. The van der Waals surface area contributed by atoms with Crippen molar-refractivity contribution in [3.8, 4) is 0 Å². The van der Waals surface area contributed by atoms with Gasteiger partial charge >= 0.3 is 6.09 Å². The molecule has 10 nitrogen and oxygen atoms in total. The zero-order valence-electron chi connectivity index (χ0n) is 23.3. The number of hydrogen-bond donors (Lipinski definition) is 2. The highest BCUT2D eigenvalue weighted by Gasteiger charge is 2.50. The number of nitrogens with two attached hydrogens (primary N) is 1. The Morgan fingerprint density at radius 2 is 1.87 bits per heavy atom. The molecular weight excluding hydrogens is 482 g/mol. The van der Waals surface area contributed by atoms with Crippen molar-refractivity contribution in [1.82, 2.24) is 14.8 Å². The van der Waals surface area contributed by atoms with E-state index in [1.54, 1.807) is 11.1 Å². The lowest BCUT2D eigenvalue weighted by Gasteiger charge is -2.36.